The van der Waals surface area contributed by atoms with Gasteiger partial charge in [0, 0.05) is 0 Å². The first-order valence-corrected chi connectivity index (χ1v) is 4.75. The van der Waals surface area contributed by atoms with E-state index in [2.05, 4.69) is 0 Å². The maximum Gasteiger partial charge on any atom is 0.309 e. The molecule has 0 radical (unpaired) electrons. The van der Waals surface area contributed by atoms with Crippen LogP contribution in [0.4, 0.5) is 13.2 Å². The van der Waals surface area contributed by atoms with E-state index < -0.39 is 34.6 Å². The lowest BCUT2D eigenvalue weighted by atomic mass is 9.85. The third-order valence-electron chi connectivity index (χ3n) is 2.42. The molecule has 0 aromatic heterocycles. The van der Waals surface area contributed by atoms with Crippen molar-refractivity contribution in [3.8, 4) is 5.75 Å². The van der Waals surface area contributed by atoms with Crippen molar-refractivity contribution in [2.24, 2.45) is 5.41 Å². The number of hydrogen-bond acceptors (Lipinski definition) is 2. The Morgan fingerprint density at radius 1 is 1.29 bits per heavy atom. The number of halogens is 3. The minimum Gasteiger partial charge on any atom is -0.503 e. The first kappa shape index (κ1) is 13.3. The molecule has 94 valence electrons. The normalized spacial score (nSPS) is 11.6. The lowest BCUT2D eigenvalue weighted by molar-refractivity contribution is -0.146. The molecule has 0 atom stereocenters. The standard InChI is InChI=1S/C11H11F3O3/c1-11(2,10(16)17)4-5-3-6(12)8(14)9(15)7(5)13/h3,15H,4H2,1-2H3,(H,16,17). The van der Waals surface area contributed by atoms with Gasteiger partial charge in [-0.15, -0.1) is 0 Å². The summed E-state index contributed by atoms with van der Waals surface area (Å²) < 4.78 is 39.1. The molecule has 0 saturated heterocycles. The Morgan fingerprint density at radius 2 is 1.82 bits per heavy atom. The van der Waals surface area contributed by atoms with Crippen molar-refractivity contribution in [1.82, 2.24) is 0 Å². The van der Waals surface area contributed by atoms with Crippen molar-refractivity contribution in [3.05, 3.63) is 29.1 Å². The summed E-state index contributed by atoms with van der Waals surface area (Å²) in [5, 5.41) is 17.8. The number of phenolic OH excluding ortho intramolecular Hbond substituents is 1. The zero-order valence-electron chi connectivity index (χ0n) is 9.22. The summed E-state index contributed by atoms with van der Waals surface area (Å²) in [6.07, 6.45) is -0.362. The Morgan fingerprint density at radius 3 is 2.29 bits per heavy atom. The van der Waals surface area contributed by atoms with E-state index in [9.17, 15) is 18.0 Å². The molecule has 0 unspecified atom stereocenters. The second-order valence-electron chi connectivity index (χ2n) is 4.36. The molecule has 0 aliphatic carbocycles. The number of carboxylic acid groups (broad SMARTS) is 1. The fraction of sp³-hybridized carbons (Fsp3) is 0.364. The lowest BCUT2D eigenvalue weighted by Crippen LogP contribution is -2.26. The monoisotopic (exact) mass is 248 g/mol. The third kappa shape index (κ3) is 2.51. The Hall–Kier alpha value is -1.72. The van der Waals surface area contributed by atoms with E-state index >= 15 is 0 Å². The highest BCUT2D eigenvalue weighted by molar-refractivity contribution is 5.74. The van der Waals surface area contributed by atoms with Gasteiger partial charge in [0.2, 0.25) is 5.82 Å². The summed E-state index contributed by atoms with van der Waals surface area (Å²) in [5.41, 5.74) is -1.73. The number of hydrogen-bond donors (Lipinski definition) is 2. The van der Waals surface area contributed by atoms with Crippen LogP contribution in [-0.2, 0) is 11.2 Å². The predicted molar refractivity (Wildman–Crippen MR) is 53.1 cm³/mol. The Balaban J connectivity index is 3.21. The average Bonchev–Trinajstić information content (AvgIpc) is 2.22. The molecule has 0 aliphatic heterocycles. The SMILES string of the molecule is CC(C)(Cc1cc(F)c(F)c(O)c1F)C(=O)O. The summed E-state index contributed by atoms with van der Waals surface area (Å²) in [5.74, 6) is -7.07. The Labute approximate surface area is 95.5 Å². The van der Waals surface area contributed by atoms with Gasteiger partial charge in [0.05, 0.1) is 5.41 Å². The summed E-state index contributed by atoms with van der Waals surface area (Å²) in [7, 11) is 0. The molecule has 1 aromatic carbocycles. The van der Waals surface area contributed by atoms with Crippen LogP contribution in [-0.4, -0.2) is 16.2 Å². The molecule has 2 N–H and O–H groups in total. The zero-order valence-corrected chi connectivity index (χ0v) is 9.22. The summed E-state index contributed by atoms with van der Waals surface area (Å²) >= 11 is 0. The number of aliphatic carboxylic acids is 1. The van der Waals surface area contributed by atoms with Crippen LogP contribution in [0.2, 0.25) is 0 Å². The molecule has 0 bridgehead atoms. The summed E-state index contributed by atoms with van der Waals surface area (Å²) in [4.78, 5) is 10.8. The molecule has 1 aromatic rings. The Kier molecular flexibility index (Phi) is 3.35. The Bertz CT molecular complexity index is 470. The maximum absolute atomic E-state index is 13.4. The van der Waals surface area contributed by atoms with Gasteiger partial charge in [-0.3, -0.25) is 4.79 Å². The molecule has 6 heteroatoms. The quantitative estimate of drug-likeness (QED) is 0.808. The first-order valence-electron chi connectivity index (χ1n) is 4.75. The van der Waals surface area contributed by atoms with Crippen molar-refractivity contribution >= 4 is 5.97 Å². The fourth-order valence-corrected chi connectivity index (χ4v) is 1.32. The van der Waals surface area contributed by atoms with Gasteiger partial charge in [-0.1, -0.05) is 0 Å². The average molecular weight is 248 g/mol. The summed E-state index contributed by atoms with van der Waals surface area (Å²) in [6, 6.07) is 0.551. The van der Waals surface area contributed by atoms with E-state index in [1.165, 1.54) is 13.8 Å². The minimum atomic E-state index is -1.68. The number of carboxylic acids is 1. The first-order chi connectivity index (χ1) is 7.66. The number of aromatic hydroxyl groups is 1. The molecule has 0 saturated carbocycles. The van der Waals surface area contributed by atoms with Crippen molar-refractivity contribution in [1.29, 1.82) is 0 Å². The highest BCUT2D eigenvalue weighted by Gasteiger charge is 2.30. The maximum atomic E-state index is 13.4. The van der Waals surface area contributed by atoms with Crippen LogP contribution in [0.15, 0.2) is 6.07 Å². The molecule has 0 fully saturated rings. The van der Waals surface area contributed by atoms with Gasteiger partial charge in [-0.2, -0.15) is 4.39 Å². The van der Waals surface area contributed by atoms with Crippen LogP contribution in [0.25, 0.3) is 0 Å². The number of rotatable bonds is 3. The molecule has 0 spiro atoms. The van der Waals surface area contributed by atoms with E-state index in [4.69, 9.17) is 10.2 Å². The van der Waals surface area contributed by atoms with Gasteiger partial charge in [-0.25, -0.2) is 8.78 Å². The van der Waals surface area contributed by atoms with Gasteiger partial charge < -0.3 is 10.2 Å². The topological polar surface area (TPSA) is 57.5 Å². The van der Waals surface area contributed by atoms with Crippen molar-refractivity contribution in [2.45, 2.75) is 20.3 Å². The molecule has 0 heterocycles. The van der Waals surface area contributed by atoms with Gasteiger partial charge in [-0.05, 0) is 31.9 Å². The number of carbonyl (C=O) groups is 1. The van der Waals surface area contributed by atoms with E-state index in [0.29, 0.717) is 6.07 Å². The van der Waals surface area contributed by atoms with Gasteiger partial charge in [0.15, 0.2) is 17.4 Å². The van der Waals surface area contributed by atoms with Crippen LogP contribution in [0, 0.1) is 22.9 Å². The van der Waals surface area contributed by atoms with Gasteiger partial charge >= 0.3 is 5.97 Å². The van der Waals surface area contributed by atoms with E-state index in [-0.39, 0.29) is 12.0 Å². The number of phenols is 1. The van der Waals surface area contributed by atoms with E-state index in [1.54, 1.807) is 0 Å². The highest BCUT2D eigenvalue weighted by Crippen LogP contribution is 2.30. The van der Waals surface area contributed by atoms with Crippen LogP contribution < -0.4 is 0 Å². The zero-order chi connectivity index (χ0) is 13.4. The molecule has 0 aliphatic rings. The molecular weight excluding hydrogens is 237 g/mol. The molecule has 1 rings (SSSR count). The number of benzene rings is 1. The largest absolute Gasteiger partial charge is 0.503 e. The van der Waals surface area contributed by atoms with E-state index in [1.807, 2.05) is 0 Å². The van der Waals surface area contributed by atoms with E-state index in [0.717, 1.165) is 0 Å². The van der Waals surface area contributed by atoms with Crippen LogP contribution >= 0.6 is 0 Å². The van der Waals surface area contributed by atoms with Crippen LogP contribution in [0.3, 0.4) is 0 Å². The second kappa shape index (κ2) is 4.27. The van der Waals surface area contributed by atoms with Gasteiger partial charge in [0.1, 0.15) is 0 Å². The molecule has 3 nitrogen and oxygen atoms in total. The van der Waals surface area contributed by atoms with Crippen molar-refractivity contribution in [2.75, 3.05) is 0 Å². The van der Waals surface area contributed by atoms with Crippen LogP contribution in [0.5, 0.6) is 5.75 Å². The molecular formula is C11H11F3O3. The second-order valence-corrected chi connectivity index (χ2v) is 4.36. The van der Waals surface area contributed by atoms with Crippen LogP contribution in [0.1, 0.15) is 19.4 Å². The third-order valence-corrected chi connectivity index (χ3v) is 2.42. The van der Waals surface area contributed by atoms with Gasteiger partial charge in [0.25, 0.3) is 0 Å². The summed E-state index contributed by atoms with van der Waals surface area (Å²) in [6.45, 7) is 2.63. The fourth-order valence-electron chi connectivity index (χ4n) is 1.32. The lowest BCUT2D eigenvalue weighted by Gasteiger charge is -2.19. The van der Waals surface area contributed by atoms with Crippen molar-refractivity contribution in [3.63, 3.8) is 0 Å². The van der Waals surface area contributed by atoms with Crippen molar-refractivity contribution < 1.29 is 28.2 Å². The smallest absolute Gasteiger partial charge is 0.309 e. The predicted octanol–water partition coefficient (Wildman–Crippen LogP) is 2.46. The molecule has 17 heavy (non-hydrogen) atoms. The highest BCUT2D eigenvalue weighted by atomic mass is 19.2. The minimum absolute atomic E-state index is 0.362. The molecule has 0 amide bonds.